The van der Waals surface area contributed by atoms with Crippen LogP contribution in [0.2, 0.25) is 0 Å². The van der Waals surface area contributed by atoms with Gasteiger partial charge in [0.25, 0.3) is 0 Å². The zero-order valence-electron chi connectivity index (χ0n) is 11.4. The molecule has 1 amide bonds. The molecule has 17 heavy (non-hydrogen) atoms. The molecule has 5 heteroatoms. The van der Waals surface area contributed by atoms with E-state index in [1.165, 1.54) is 6.61 Å². The molecule has 0 spiro atoms. The van der Waals surface area contributed by atoms with E-state index in [9.17, 15) is 9.59 Å². The first-order chi connectivity index (χ1) is 7.67. The van der Waals surface area contributed by atoms with Crippen LogP contribution in [-0.2, 0) is 14.3 Å². The predicted molar refractivity (Wildman–Crippen MR) is 64.1 cm³/mol. The van der Waals surface area contributed by atoms with Crippen molar-refractivity contribution in [1.29, 1.82) is 0 Å². The van der Waals surface area contributed by atoms with Crippen LogP contribution < -0.4 is 5.32 Å². The lowest BCUT2D eigenvalue weighted by atomic mass is 10.1. The van der Waals surface area contributed by atoms with Crippen LogP contribution in [0, 0.1) is 12.5 Å². The molecule has 1 N–H and O–H groups in total. The standard InChI is InChI=1S/C12H22NO4/c1-7-16-10(14)9(8(2)3)13-11(15)17-12(4,5)6/h7-9H,1-6H3,(H,13,15)/t9-/m0/s1. The SMILES string of the molecule is C[CH]OC(=O)[C@@H](NC(=O)OC(C)(C)C)C(C)C. The molecule has 1 atom stereocenters. The van der Waals surface area contributed by atoms with Gasteiger partial charge < -0.3 is 14.8 Å². The Morgan fingerprint density at radius 1 is 1.24 bits per heavy atom. The van der Waals surface area contributed by atoms with Gasteiger partial charge in [-0.3, -0.25) is 0 Å². The molecule has 0 saturated carbocycles. The Hall–Kier alpha value is -1.26. The first-order valence-electron chi connectivity index (χ1n) is 5.65. The smallest absolute Gasteiger partial charge is 0.408 e. The number of carbonyl (C=O) groups is 2. The number of amides is 1. The molecule has 0 unspecified atom stereocenters. The van der Waals surface area contributed by atoms with Gasteiger partial charge in [0.2, 0.25) is 0 Å². The fourth-order valence-corrected chi connectivity index (χ4v) is 1.12. The van der Waals surface area contributed by atoms with E-state index < -0.39 is 23.7 Å². The number of esters is 1. The Balaban J connectivity index is 4.46. The van der Waals surface area contributed by atoms with Crippen LogP contribution in [0.15, 0.2) is 0 Å². The molecule has 0 aromatic carbocycles. The third kappa shape index (κ3) is 6.81. The number of nitrogens with one attached hydrogen (secondary N) is 1. The van der Waals surface area contributed by atoms with E-state index in [4.69, 9.17) is 9.47 Å². The number of hydrogen-bond acceptors (Lipinski definition) is 4. The topological polar surface area (TPSA) is 64.6 Å². The van der Waals surface area contributed by atoms with Gasteiger partial charge in [-0.25, -0.2) is 9.59 Å². The summed E-state index contributed by atoms with van der Waals surface area (Å²) in [4.78, 5) is 23.1. The van der Waals surface area contributed by atoms with Crippen LogP contribution in [-0.4, -0.2) is 23.7 Å². The molecule has 1 radical (unpaired) electrons. The first kappa shape index (κ1) is 15.7. The van der Waals surface area contributed by atoms with Gasteiger partial charge in [0.1, 0.15) is 18.2 Å². The Bertz CT molecular complexity index is 268. The maximum atomic E-state index is 11.6. The molecule has 0 rings (SSSR count). The van der Waals surface area contributed by atoms with Gasteiger partial charge in [0, 0.05) is 0 Å². The molecule has 0 fully saturated rings. The largest absolute Gasteiger partial charge is 0.457 e. The molecule has 0 aliphatic heterocycles. The number of hydrogen-bond donors (Lipinski definition) is 1. The highest BCUT2D eigenvalue weighted by Crippen LogP contribution is 2.09. The van der Waals surface area contributed by atoms with Crippen molar-refractivity contribution in [1.82, 2.24) is 5.32 Å². The van der Waals surface area contributed by atoms with Gasteiger partial charge in [0.15, 0.2) is 0 Å². The molecule has 0 aliphatic carbocycles. The number of carbonyl (C=O) groups excluding carboxylic acids is 2. The minimum absolute atomic E-state index is 0.0741. The summed E-state index contributed by atoms with van der Waals surface area (Å²) < 4.78 is 9.84. The first-order valence-corrected chi connectivity index (χ1v) is 5.65. The quantitative estimate of drug-likeness (QED) is 0.770. The fourth-order valence-electron chi connectivity index (χ4n) is 1.12. The van der Waals surface area contributed by atoms with Crippen molar-refractivity contribution in [3.8, 4) is 0 Å². The minimum Gasteiger partial charge on any atom is -0.457 e. The molecule has 0 saturated heterocycles. The molecule has 0 aromatic rings. The van der Waals surface area contributed by atoms with Crippen LogP contribution in [0.3, 0.4) is 0 Å². The van der Waals surface area contributed by atoms with E-state index in [1.807, 2.05) is 13.8 Å². The average Bonchev–Trinajstić information content (AvgIpc) is 2.11. The summed E-state index contributed by atoms with van der Waals surface area (Å²) >= 11 is 0. The van der Waals surface area contributed by atoms with Gasteiger partial charge in [-0.1, -0.05) is 13.8 Å². The van der Waals surface area contributed by atoms with Gasteiger partial charge in [0.05, 0.1) is 0 Å². The summed E-state index contributed by atoms with van der Waals surface area (Å²) in [5, 5.41) is 2.50. The van der Waals surface area contributed by atoms with Crippen LogP contribution in [0.25, 0.3) is 0 Å². The summed E-state index contributed by atoms with van der Waals surface area (Å²) in [5.41, 5.74) is -0.591. The van der Waals surface area contributed by atoms with Gasteiger partial charge in [-0.15, -0.1) is 0 Å². The maximum absolute atomic E-state index is 11.6. The summed E-state index contributed by atoms with van der Waals surface area (Å²) in [7, 11) is 0. The van der Waals surface area contributed by atoms with Gasteiger partial charge >= 0.3 is 12.1 Å². The van der Waals surface area contributed by atoms with Crippen molar-refractivity contribution in [3.05, 3.63) is 6.61 Å². The van der Waals surface area contributed by atoms with Gasteiger partial charge in [-0.2, -0.15) is 0 Å². The van der Waals surface area contributed by atoms with Crippen molar-refractivity contribution in [2.24, 2.45) is 5.92 Å². The maximum Gasteiger partial charge on any atom is 0.408 e. The fraction of sp³-hybridized carbons (Fsp3) is 0.750. The van der Waals surface area contributed by atoms with E-state index in [0.717, 1.165) is 0 Å². The lowest BCUT2D eigenvalue weighted by Crippen LogP contribution is -2.46. The Morgan fingerprint density at radius 2 is 1.76 bits per heavy atom. The Labute approximate surface area is 103 Å². The molecule has 0 aromatic heterocycles. The van der Waals surface area contributed by atoms with Crippen LogP contribution in [0.4, 0.5) is 4.79 Å². The summed E-state index contributed by atoms with van der Waals surface area (Å²) in [6.07, 6.45) is -0.621. The minimum atomic E-state index is -0.707. The van der Waals surface area contributed by atoms with E-state index in [2.05, 4.69) is 5.32 Å². The highest BCUT2D eigenvalue weighted by Gasteiger charge is 2.27. The molecule has 0 aliphatic rings. The molecular formula is C12H22NO4. The molecule has 5 nitrogen and oxygen atoms in total. The number of ether oxygens (including phenoxy) is 2. The third-order valence-corrected chi connectivity index (χ3v) is 1.83. The Kier molecular flexibility index (Phi) is 5.99. The highest BCUT2D eigenvalue weighted by atomic mass is 16.6. The van der Waals surface area contributed by atoms with E-state index in [0.29, 0.717) is 0 Å². The molecular weight excluding hydrogens is 222 g/mol. The van der Waals surface area contributed by atoms with E-state index in [1.54, 1.807) is 27.7 Å². The monoisotopic (exact) mass is 244 g/mol. The van der Waals surface area contributed by atoms with Crippen LogP contribution in [0.1, 0.15) is 41.5 Å². The number of alkyl carbamates (subject to hydrolysis) is 1. The summed E-state index contributed by atoms with van der Waals surface area (Å²) in [6.45, 7) is 11.8. The molecule has 0 heterocycles. The van der Waals surface area contributed by atoms with Crippen molar-refractivity contribution in [3.63, 3.8) is 0 Å². The second-order valence-corrected chi connectivity index (χ2v) is 5.04. The van der Waals surface area contributed by atoms with E-state index in [-0.39, 0.29) is 5.92 Å². The summed E-state index contributed by atoms with van der Waals surface area (Å²) in [5.74, 6) is -0.566. The molecule has 0 bridgehead atoms. The van der Waals surface area contributed by atoms with Crippen LogP contribution >= 0.6 is 0 Å². The third-order valence-electron chi connectivity index (χ3n) is 1.83. The summed E-state index contributed by atoms with van der Waals surface area (Å²) in [6, 6.07) is -0.707. The van der Waals surface area contributed by atoms with Crippen LogP contribution in [0.5, 0.6) is 0 Å². The zero-order valence-corrected chi connectivity index (χ0v) is 11.4. The second-order valence-electron chi connectivity index (χ2n) is 5.04. The highest BCUT2D eigenvalue weighted by molar-refractivity contribution is 5.81. The van der Waals surface area contributed by atoms with Crippen molar-refractivity contribution in [2.45, 2.75) is 53.2 Å². The van der Waals surface area contributed by atoms with Crippen molar-refractivity contribution >= 4 is 12.1 Å². The van der Waals surface area contributed by atoms with E-state index >= 15 is 0 Å². The molecule has 99 valence electrons. The lowest BCUT2D eigenvalue weighted by molar-refractivity contribution is -0.143. The van der Waals surface area contributed by atoms with Gasteiger partial charge in [-0.05, 0) is 33.6 Å². The number of rotatable bonds is 4. The normalized spacial score (nSPS) is 13.1. The zero-order chi connectivity index (χ0) is 13.6. The predicted octanol–water partition coefficient (Wildman–Crippen LogP) is 2.26. The Morgan fingerprint density at radius 3 is 2.12 bits per heavy atom. The van der Waals surface area contributed by atoms with Crippen molar-refractivity contribution in [2.75, 3.05) is 0 Å². The van der Waals surface area contributed by atoms with Crippen molar-refractivity contribution < 1.29 is 19.1 Å². The second kappa shape index (κ2) is 6.47. The lowest BCUT2D eigenvalue weighted by Gasteiger charge is -2.24. The average molecular weight is 244 g/mol.